The van der Waals surface area contributed by atoms with Crippen molar-refractivity contribution in [3.05, 3.63) is 24.3 Å². The molecular weight excluding hydrogens is 350 g/mol. The van der Waals surface area contributed by atoms with E-state index in [1.54, 1.807) is 24.3 Å². The van der Waals surface area contributed by atoms with Crippen molar-refractivity contribution in [3.8, 4) is 11.5 Å². The van der Waals surface area contributed by atoms with Crippen molar-refractivity contribution in [2.75, 3.05) is 26.3 Å². The van der Waals surface area contributed by atoms with E-state index in [9.17, 15) is 8.42 Å². The van der Waals surface area contributed by atoms with E-state index in [0.717, 1.165) is 0 Å². The van der Waals surface area contributed by atoms with Gasteiger partial charge in [0.2, 0.25) is 15.9 Å². The third-order valence-corrected chi connectivity index (χ3v) is 6.16. The first kappa shape index (κ1) is 17.4. The van der Waals surface area contributed by atoms with E-state index in [1.165, 1.54) is 16.1 Å². The van der Waals surface area contributed by atoms with Gasteiger partial charge in [-0.1, -0.05) is 31.7 Å². The van der Waals surface area contributed by atoms with Crippen molar-refractivity contribution in [2.24, 2.45) is 0 Å². The van der Waals surface area contributed by atoms with Gasteiger partial charge < -0.3 is 9.15 Å². The Kier molecular flexibility index (Phi) is 5.24. The summed E-state index contributed by atoms with van der Waals surface area (Å²) in [5.74, 6) is 0.317. The maximum Gasteiger partial charge on any atom is 0.277 e. The molecule has 0 radical (unpaired) electrons. The number of ether oxygens (including phenoxy) is 1. The van der Waals surface area contributed by atoms with Gasteiger partial charge in [0.25, 0.3) is 5.22 Å². The van der Waals surface area contributed by atoms with Gasteiger partial charge in [0.15, 0.2) is 0 Å². The maximum absolute atomic E-state index is 12.7. The minimum absolute atomic E-state index is 0.221. The van der Waals surface area contributed by atoms with Crippen LogP contribution >= 0.6 is 11.8 Å². The van der Waals surface area contributed by atoms with Gasteiger partial charge in [-0.15, -0.1) is 10.2 Å². The van der Waals surface area contributed by atoms with Crippen LogP contribution in [0.3, 0.4) is 0 Å². The SMILES string of the molecule is CC(C)Sc1nnc(-c2cccc(S(=O)(=O)N3CCOCC3)c2)o1. The second-order valence-corrected chi connectivity index (χ2v) is 9.05. The normalized spacial score (nSPS) is 16.6. The van der Waals surface area contributed by atoms with Crippen LogP contribution in [-0.4, -0.2) is 54.5 Å². The van der Waals surface area contributed by atoms with Gasteiger partial charge in [0, 0.05) is 23.9 Å². The molecule has 24 heavy (non-hydrogen) atoms. The fourth-order valence-corrected chi connectivity index (χ4v) is 4.37. The minimum atomic E-state index is -3.55. The average molecular weight is 369 g/mol. The summed E-state index contributed by atoms with van der Waals surface area (Å²) in [5, 5.41) is 8.79. The highest BCUT2D eigenvalue weighted by atomic mass is 32.2. The molecule has 0 N–H and O–H groups in total. The fourth-order valence-electron chi connectivity index (χ4n) is 2.30. The Hall–Kier alpha value is -1.42. The molecule has 0 spiro atoms. The summed E-state index contributed by atoms with van der Waals surface area (Å²) < 4.78 is 37.7. The number of thioether (sulfide) groups is 1. The second-order valence-electron chi connectivity index (χ2n) is 5.58. The lowest BCUT2D eigenvalue weighted by atomic mass is 10.2. The van der Waals surface area contributed by atoms with Crippen LogP contribution in [0.15, 0.2) is 38.8 Å². The molecular formula is C15H19N3O4S2. The quantitative estimate of drug-likeness (QED) is 0.747. The lowest BCUT2D eigenvalue weighted by molar-refractivity contribution is 0.0730. The van der Waals surface area contributed by atoms with Crippen LogP contribution in [-0.2, 0) is 14.8 Å². The van der Waals surface area contributed by atoms with Crippen LogP contribution in [0, 0.1) is 0 Å². The molecule has 2 aromatic rings. The van der Waals surface area contributed by atoms with E-state index in [-0.39, 0.29) is 4.90 Å². The van der Waals surface area contributed by atoms with Gasteiger partial charge in [-0.05, 0) is 18.2 Å². The lowest BCUT2D eigenvalue weighted by Gasteiger charge is -2.26. The Morgan fingerprint density at radius 3 is 2.67 bits per heavy atom. The summed E-state index contributed by atoms with van der Waals surface area (Å²) in [6.07, 6.45) is 0. The second kappa shape index (κ2) is 7.22. The predicted octanol–water partition coefficient (Wildman–Crippen LogP) is 2.26. The number of hydrogen-bond donors (Lipinski definition) is 0. The van der Waals surface area contributed by atoms with Gasteiger partial charge >= 0.3 is 0 Å². The summed E-state index contributed by atoms with van der Waals surface area (Å²) in [6.45, 7) is 5.62. The van der Waals surface area contributed by atoms with Crippen molar-refractivity contribution in [1.82, 2.24) is 14.5 Å². The summed E-state index contributed by atoms with van der Waals surface area (Å²) in [5.41, 5.74) is 0.590. The third kappa shape index (κ3) is 3.80. The summed E-state index contributed by atoms with van der Waals surface area (Å²) in [7, 11) is -3.55. The zero-order valence-electron chi connectivity index (χ0n) is 13.5. The minimum Gasteiger partial charge on any atom is -0.411 e. The first-order valence-corrected chi connectivity index (χ1v) is 9.97. The summed E-state index contributed by atoms with van der Waals surface area (Å²) in [4.78, 5) is 0.221. The van der Waals surface area contributed by atoms with Crippen LogP contribution in [0.25, 0.3) is 11.5 Å². The highest BCUT2D eigenvalue weighted by molar-refractivity contribution is 7.99. The molecule has 1 aliphatic rings. The van der Waals surface area contributed by atoms with E-state index >= 15 is 0 Å². The molecule has 1 fully saturated rings. The number of hydrogen-bond acceptors (Lipinski definition) is 7. The smallest absolute Gasteiger partial charge is 0.277 e. The predicted molar refractivity (Wildman–Crippen MR) is 90.3 cm³/mol. The molecule has 130 valence electrons. The van der Waals surface area contributed by atoms with Gasteiger partial charge in [0.1, 0.15) is 0 Å². The molecule has 2 heterocycles. The zero-order chi connectivity index (χ0) is 17.2. The number of sulfonamides is 1. The lowest BCUT2D eigenvalue weighted by Crippen LogP contribution is -2.40. The topological polar surface area (TPSA) is 85.5 Å². The summed E-state index contributed by atoms with van der Waals surface area (Å²) in [6, 6.07) is 6.59. The number of rotatable bonds is 5. The maximum atomic E-state index is 12.7. The van der Waals surface area contributed by atoms with Crippen LogP contribution in [0.4, 0.5) is 0 Å². The van der Waals surface area contributed by atoms with Crippen LogP contribution in [0.5, 0.6) is 0 Å². The van der Waals surface area contributed by atoms with Gasteiger partial charge in [-0.3, -0.25) is 0 Å². The van der Waals surface area contributed by atoms with Crippen molar-refractivity contribution >= 4 is 21.8 Å². The molecule has 3 rings (SSSR count). The Bertz CT molecular complexity index is 799. The average Bonchev–Trinajstić information content (AvgIpc) is 3.03. The molecule has 1 saturated heterocycles. The van der Waals surface area contributed by atoms with Crippen LogP contribution in [0.2, 0.25) is 0 Å². The summed E-state index contributed by atoms with van der Waals surface area (Å²) >= 11 is 1.47. The monoisotopic (exact) mass is 369 g/mol. The molecule has 1 aromatic heterocycles. The van der Waals surface area contributed by atoms with E-state index in [2.05, 4.69) is 10.2 Å². The largest absolute Gasteiger partial charge is 0.411 e. The van der Waals surface area contributed by atoms with Gasteiger partial charge in [0.05, 0.1) is 18.1 Å². The van der Waals surface area contributed by atoms with Gasteiger partial charge in [-0.2, -0.15) is 4.31 Å². The first-order valence-electron chi connectivity index (χ1n) is 7.65. The van der Waals surface area contributed by atoms with Crippen molar-refractivity contribution < 1.29 is 17.6 Å². The molecule has 1 aliphatic heterocycles. The molecule has 0 atom stereocenters. The van der Waals surface area contributed by atoms with E-state index in [1.807, 2.05) is 13.8 Å². The van der Waals surface area contributed by atoms with E-state index in [0.29, 0.717) is 48.2 Å². The number of benzene rings is 1. The van der Waals surface area contributed by atoms with Crippen molar-refractivity contribution in [2.45, 2.75) is 29.2 Å². The Morgan fingerprint density at radius 2 is 1.96 bits per heavy atom. The van der Waals surface area contributed by atoms with E-state index < -0.39 is 10.0 Å². The Balaban J connectivity index is 1.87. The van der Waals surface area contributed by atoms with Crippen molar-refractivity contribution in [1.29, 1.82) is 0 Å². The Labute approximate surface area is 145 Å². The number of nitrogens with zero attached hydrogens (tertiary/aromatic N) is 3. The highest BCUT2D eigenvalue weighted by Crippen LogP contribution is 2.27. The Morgan fingerprint density at radius 1 is 1.21 bits per heavy atom. The molecule has 9 heteroatoms. The zero-order valence-corrected chi connectivity index (χ0v) is 15.1. The molecule has 1 aromatic carbocycles. The first-order chi connectivity index (χ1) is 11.5. The molecule has 0 unspecified atom stereocenters. The molecule has 7 nitrogen and oxygen atoms in total. The van der Waals surface area contributed by atoms with Crippen molar-refractivity contribution in [3.63, 3.8) is 0 Å². The van der Waals surface area contributed by atoms with Crippen LogP contribution < -0.4 is 0 Å². The fraction of sp³-hybridized carbons (Fsp3) is 0.467. The third-order valence-electron chi connectivity index (χ3n) is 3.43. The van der Waals surface area contributed by atoms with E-state index in [4.69, 9.17) is 9.15 Å². The number of morpholine rings is 1. The molecule has 0 saturated carbocycles. The number of aromatic nitrogens is 2. The molecule has 0 amide bonds. The molecule has 0 bridgehead atoms. The molecule has 0 aliphatic carbocycles. The van der Waals surface area contributed by atoms with Crippen LogP contribution in [0.1, 0.15) is 13.8 Å². The standard InChI is InChI=1S/C15H19N3O4S2/c1-11(2)23-15-17-16-14(22-15)12-4-3-5-13(10-12)24(19,20)18-6-8-21-9-7-18/h3-5,10-11H,6-9H2,1-2H3. The van der Waals surface area contributed by atoms with Gasteiger partial charge in [-0.25, -0.2) is 8.42 Å². The highest BCUT2D eigenvalue weighted by Gasteiger charge is 2.26.